The molecule has 130 valence electrons. The average Bonchev–Trinajstić information content (AvgIpc) is 3.45. The minimum Gasteiger partial charge on any atom is -0.348 e. The first-order valence-corrected chi connectivity index (χ1v) is 8.59. The van der Waals surface area contributed by atoms with Crippen molar-refractivity contribution >= 4 is 18.3 Å². The van der Waals surface area contributed by atoms with E-state index >= 15 is 0 Å². The molecule has 1 unspecified atom stereocenters. The van der Waals surface area contributed by atoms with Gasteiger partial charge in [-0.15, -0.1) is 0 Å². The highest BCUT2D eigenvalue weighted by atomic mass is 16.2. The Balaban J connectivity index is 1.96. The first kappa shape index (κ1) is 17.1. The summed E-state index contributed by atoms with van der Waals surface area (Å²) in [5.74, 6) is 0.880. The lowest BCUT2D eigenvalue weighted by atomic mass is 10.1. The molecule has 25 heavy (non-hydrogen) atoms. The van der Waals surface area contributed by atoms with Crippen LogP contribution in [-0.2, 0) is 4.79 Å². The van der Waals surface area contributed by atoms with Crippen LogP contribution in [0, 0.1) is 5.92 Å². The van der Waals surface area contributed by atoms with E-state index in [1.54, 1.807) is 0 Å². The van der Waals surface area contributed by atoms with E-state index in [9.17, 15) is 4.79 Å². The van der Waals surface area contributed by atoms with Crippen molar-refractivity contribution in [3.8, 4) is 0 Å². The Morgan fingerprint density at radius 3 is 2.64 bits per heavy atom. The van der Waals surface area contributed by atoms with E-state index in [1.807, 2.05) is 62.2 Å². The summed E-state index contributed by atoms with van der Waals surface area (Å²) in [6.45, 7) is 7.62. The molecule has 5 heteroatoms. The predicted molar refractivity (Wildman–Crippen MR) is 101 cm³/mol. The quantitative estimate of drug-likeness (QED) is 0.663. The van der Waals surface area contributed by atoms with Gasteiger partial charge in [-0.25, -0.2) is 4.99 Å². The number of carbonyl (C=O) groups is 1. The van der Waals surface area contributed by atoms with Gasteiger partial charge in [-0.2, -0.15) is 0 Å². The van der Waals surface area contributed by atoms with Gasteiger partial charge in [-0.1, -0.05) is 30.3 Å². The molecule has 1 N–H and O–H groups in total. The van der Waals surface area contributed by atoms with Crippen molar-refractivity contribution in [3.63, 3.8) is 0 Å². The van der Waals surface area contributed by atoms with Gasteiger partial charge in [0.05, 0.1) is 5.71 Å². The number of carbonyl (C=O) groups excluding carboxylic acids is 1. The van der Waals surface area contributed by atoms with Gasteiger partial charge in [-0.3, -0.25) is 9.79 Å². The van der Waals surface area contributed by atoms with E-state index in [0.29, 0.717) is 11.7 Å². The van der Waals surface area contributed by atoms with Gasteiger partial charge in [0.25, 0.3) is 5.91 Å². The topological polar surface area (TPSA) is 57.1 Å². The lowest BCUT2D eigenvalue weighted by Crippen LogP contribution is -2.36. The zero-order valence-electron chi connectivity index (χ0n) is 15.0. The molecule has 1 heterocycles. The lowest BCUT2D eigenvalue weighted by molar-refractivity contribution is -0.118. The molecule has 0 radical (unpaired) electrons. The first-order valence-electron chi connectivity index (χ1n) is 8.59. The van der Waals surface area contributed by atoms with Crippen molar-refractivity contribution in [2.24, 2.45) is 15.9 Å². The smallest absolute Gasteiger partial charge is 0.273 e. The van der Waals surface area contributed by atoms with Crippen molar-refractivity contribution in [1.29, 1.82) is 0 Å². The van der Waals surface area contributed by atoms with Crippen LogP contribution in [0.5, 0.6) is 0 Å². The summed E-state index contributed by atoms with van der Waals surface area (Å²) in [5.41, 5.74) is 3.07. The van der Waals surface area contributed by atoms with Crippen LogP contribution in [0.15, 0.2) is 63.6 Å². The van der Waals surface area contributed by atoms with Crippen LogP contribution in [0.2, 0.25) is 0 Å². The molecule has 1 amide bonds. The molecule has 1 saturated carbocycles. The maximum Gasteiger partial charge on any atom is 0.273 e. The molecule has 1 aliphatic heterocycles. The Bertz CT molecular complexity index is 772. The predicted octanol–water partition coefficient (Wildman–Crippen LogP) is 3.11. The van der Waals surface area contributed by atoms with E-state index in [1.165, 1.54) is 12.8 Å². The van der Waals surface area contributed by atoms with E-state index in [2.05, 4.69) is 17.0 Å². The molecule has 1 fully saturated rings. The maximum absolute atomic E-state index is 12.7. The number of aliphatic imine (C=N–C) groups is 2. The molecule has 0 bridgehead atoms. The van der Waals surface area contributed by atoms with Crippen LogP contribution < -0.4 is 5.32 Å². The van der Waals surface area contributed by atoms with E-state index < -0.39 is 0 Å². The number of benzene rings is 1. The molecule has 0 saturated heterocycles. The van der Waals surface area contributed by atoms with Crippen LogP contribution in [-0.4, -0.2) is 36.3 Å². The minimum atomic E-state index is -0.220. The minimum absolute atomic E-state index is 0.146. The number of amides is 1. The largest absolute Gasteiger partial charge is 0.348 e. The fraction of sp³-hybridized carbons (Fsp3) is 0.350. The third-order valence-corrected chi connectivity index (χ3v) is 4.76. The van der Waals surface area contributed by atoms with Crippen molar-refractivity contribution in [2.75, 3.05) is 7.05 Å². The molecular weight excluding hydrogens is 312 g/mol. The standard InChI is InChI=1S/C20H24N4O/c1-13-12-17(16-8-6-5-7-9-16)23-19(24(13)4)18(21-3)20(25)22-14(2)15-10-11-15/h5-9,12,14-15H,3,10-11H2,1-2,4H3,(H,22,25)/b19-18-. The van der Waals surface area contributed by atoms with Gasteiger partial charge in [-0.05, 0) is 45.4 Å². The molecule has 1 aliphatic carbocycles. The number of nitrogens with zero attached hydrogens (tertiary/aromatic N) is 3. The zero-order chi connectivity index (χ0) is 18.0. The Kier molecular flexibility index (Phi) is 4.83. The highest BCUT2D eigenvalue weighted by Gasteiger charge is 2.30. The fourth-order valence-electron chi connectivity index (χ4n) is 2.88. The summed E-state index contributed by atoms with van der Waals surface area (Å²) in [5, 5.41) is 3.03. The maximum atomic E-state index is 12.7. The summed E-state index contributed by atoms with van der Waals surface area (Å²) in [6.07, 6.45) is 4.35. The van der Waals surface area contributed by atoms with Crippen LogP contribution in [0.25, 0.3) is 0 Å². The molecule has 3 rings (SSSR count). The van der Waals surface area contributed by atoms with Gasteiger partial charge in [0.1, 0.15) is 0 Å². The molecule has 5 nitrogen and oxygen atoms in total. The van der Waals surface area contributed by atoms with Gasteiger partial charge >= 0.3 is 0 Å². The van der Waals surface area contributed by atoms with Crippen LogP contribution in [0.1, 0.15) is 32.3 Å². The second kappa shape index (κ2) is 7.05. The summed E-state index contributed by atoms with van der Waals surface area (Å²) in [4.78, 5) is 23.3. The number of rotatable bonds is 5. The molecule has 0 spiro atoms. The van der Waals surface area contributed by atoms with Gasteiger partial charge < -0.3 is 10.2 Å². The number of nitrogens with one attached hydrogen (secondary N) is 1. The highest BCUT2D eigenvalue weighted by Crippen LogP contribution is 2.32. The van der Waals surface area contributed by atoms with Crippen molar-refractivity contribution < 1.29 is 4.79 Å². The SMILES string of the molecule is C=N/C(C(=O)NC(C)C1CC1)=C1/N=C(c2ccccc2)C=C(C)N1C. The monoisotopic (exact) mass is 336 g/mol. The molecule has 1 aromatic carbocycles. The first-order chi connectivity index (χ1) is 12.0. The van der Waals surface area contributed by atoms with Crippen LogP contribution in [0.3, 0.4) is 0 Å². The summed E-state index contributed by atoms with van der Waals surface area (Å²) in [6, 6.07) is 10.1. The summed E-state index contributed by atoms with van der Waals surface area (Å²) < 4.78 is 0. The van der Waals surface area contributed by atoms with E-state index in [4.69, 9.17) is 4.99 Å². The average molecular weight is 336 g/mol. The summed E-state index contributed by atoms with van der Waals surface area (Å²) in [7, 11) is 1.88. The van der Waals surface area contributed by atoms with E-state index in [0.717, 1.165) is 17.0 Å². The Morgan fingerprint density at radius 2 is 2.04 bits per heavy atom. The molecule has 0 aromatic heterocycles. The lowest BCUT2D eigenvalue weighted by Gasteiger charge is -2.26. The Morgan fingerprint density at radius 1 is 1.36 bits per heavy atom. The zero-order valence-corrected chi connectivity index (χ0v) is 15.0. The number of hydrogen-bond donors (Lipinski definition) is 1. The second-order valence-corrected chi connectivity index (χ2v) is 6.64. The number of hydrogen-bond acceptors (Lipinski definition) is 4. The van der Waals surface area contributed by atoms with Gasteiger partial charge in [0.2, 0.25) is 0 Å². The summed E-state index contributed by atoms with van der Waals surface area (Å²) >= 11 is 0. The molecule has 2 aliphatic rings. The Labute approximate surface area is 148 Å². The van der Waals surface area contributed by atoms with Crippen molar-refractivity contribution in [1.82, 2.24) is 10.2 Å². The third-order valence-electron chi connectivity index (χ3n) is 4.76. The third kappa shape index (κ3) is 3.71. The van der Waals surface area contributed by atoms with E-state index in [-0.39, 0.29) is 17.6 Å². The number of allylic oxidation sites excluding steroid dienone is 2. The van der Waals surface area contributed by atoms with Crippen LogP contribution >= 0.6 is 0 Å². The van der Waals surface area contributed by atoms with Gasteiger partial charge in [0, 0.05) is 24.4 Å². The molecule has 1 atom stereocenters. The van der Waals surface area contributed by atoms with Gasteiger partial charge in [0.15, 0.2) is 11.5 Å². The highest BCUT2D eigenvalue weighted by molar-refractivity contribution is 6.10. The second-order valence-electron chi connectivity index (χ2n) is 6.64. The van der Waals surface area contributed by atoms with Crippen molar-refractivity contribution in [3.05, 3.63) is 59.2 Å². The van der Waals surface area contributed by atoms with Crippen LogP contribution in [0.4, 0.5) is 0 Å². The fourth-order valence-corrected chi connectivity index (χ4v) is 2.88. The Hall–Kier alpha value is -2.69. The molecular formula is C20H24N4O. The van der Waals surface area contributed by atoms with Crippen molar-refractivity contribution in [2.45, 2.75) is 32.7 Å². The normalized spacial score (nSPS) is 20.4. The molecule has 1 aromatic rings.